The molecule has 0 saturated heterocycles. The molecule has 0 spiro atoms. The van der Waals surface area contributed by atoms with Gasteiger partial charge in [-0.25, -0.2) is 4.79 Å². The van der Waals surface area contributed by atoms with Crippen LogP contribution in [0, 0.1) is 12.3 Å². The number of anilines is 1. The number of aliphatic hydroxyl groups is 1. The summed E-state index contributed by atoms with van der Waals surface area (Å²) in [7, 11) is 1.55. The summed E-state index contributed by atoms with van der Waals surface area (Å²) in [5.74, 6) is 2.10. The van der Waals surface area contributed by atoms with Gasteiger partial charge in [-0.2, -0.15) is 0 Å². The topological polar surface area (TPSA) is 117 Å². The molecule has 39 heavy (non-hydrogen) atoms. The lowest BCUT2D eigenvalue weighted by Crippen LogP contribution is -2.54. The van der Waals surface area contributed by atoms with Crippen molar-refractivity contribution in [3.63, 3.8) is 0 Å². The van der Waals surface area contributed by atoms with Gasteiger partial charge in [-0.05, 0) is 69.2 Å². The number of rotatable bonds is 12. The predicted molar refractivity (Wildman–Crippen MR) is 150 cm³/mol. The summed E-state index contributed by atoms with van der Waals surface area (Å²) < 4.78 is 10.5. The standard InChI is InChI=1S/C30H39N3O6/c1-7-9-10-19-33(28(36)25(20-34)32-29(37)39-30(3,4)5)26(22-13-11-21(8-2)12-14-22)27(35)31-23-15-17-24(38-6)18-16-23/h2,11-18,25-26,34H,7,9-10,19-20H2,1,3-6H3,(H,31,35)(H,32,37). The first-order valence-corrected chi connectivity index (χ1v) is 12.9. The maximum atomic E-state index is 13.8. The smallest absolute Gasteiger partial charge is 0.408 e. The van der Waals surface area contributed by atoms with Gasteiger partial charge >= 0.3 is 6.09 Å². The zero-order chi connectivity index (χ0) is 29.0. The molecule has 210 valence electrons. The van der Waals surface area contributed by atoms with Crippen LogP contribution in [0.3, 0.4) is 0 Å². The Labute approximate surface area is 230 Å². The summed E-state index contributed by atoms with van der Waals surface area (Å²) in [6.07, 6.45) is 6.99. The third-order valence-electron chi connectivity index (χ3n) is 5.77. The van der Waals surface area contributed by atoms with E-state index in [0.29, 0.717) is 29.0 Å². The quantitative estimate of drug-likeness (QED) is 0.275. The van der Waals surface area contributed by atoms with Gasteiger partial charge in [0.05, 0.1) is 13.7 Å². The SMILES string of the molecule is C#Cc1ccc(C(C(=O)Nc2ccc(OC)cc2)N(CCCCC)C(=O)C(CO)NC(=O)OC(C)(C)C)cc1. The Hall–Kier alpha value is -4.03. The number of ether oxygens (including phenoxy) is 2. The molecule has 9 nitrogen and oxygen atoms in total. The molecule has 2 rings (SSSR count). The van der Waals surface area contributed by atoms with E-state index in [4.69, 9.17) is 15.9 Å². The first kappa shape index (κ1) is 31.2. The number of benzene rings is 2. The zero-order valence-electron chi connectivity index (χ0n) is 23.3. The Morgan fingerprint density at radius 2 is 1.69 bits per heavy atom. The normalized spacial score (nSPS) is 12.4. The summed E-state index contributed by atoms with van der Waals surface area (Å²) in [4.78, 5) is 41.4. The number of nitrogens with one attached hydrogen (secondary N) is 2. The van der Waals surface area contributed by atoms with Crippen LogP contribution in [-0.4, -0.2) is 59.8 Å². The Kier molecular flexibility index (Phi) is 11.8. The number of hydrogen-bond acceptors (Lipinski definition) is 6. The molecule has 9 heteroatoms. The summed E-state index contributed by atoms with van der Waals surface area (Å²) in [6.45, 7) is 6.65. The molecule has 0 heterocycles. The van der Waals surface area contributed by atoms with Crippen molar-refractivity contribution < 1.29 is 29.0 Å². The van der Waals surface area contributed by atoms with Crippen LogP contribution in [0.2, 0.25) is 0 Å². The monoisotopic (exact) mass is 537 g/mol. The maximum Gasteiger partial charge on any atom is 0.408 e. The maximum absolute atomic E-state index is 13.8. The van der Waals surface area contributed by atoms with Crippen LogP contribution >= 0.6 is 0 Å². The second kappa shape index (κ2) is 14.8. The molecule has 3 amide bonds. The number of carbonyl (C=O) groups excluding carboxylic acids is 3. The summed E-state index contributed by atoms with van der Waals surface area (Å²) in [6, 6.07) is 11.2. The fourth-order valence-corrected chi connectivity index (χ4v) is 3.85. The summed E-state index contributed by atoms with van der Waals surface area (Å²) in [5, 5.41) is 15.4. The average molecular weight is 538 g/mol. The highest BCUT2D eigenvalue weighted by atomic mass is 16.6. The number of amides is 3. The van der Waals surface area contributed by atoms with Crippen LogP contribution < -0.4 is 15.4 Å². The molecule has 0 aliphatic heterocycles. The molecule has 2 unspecified atom stereocenters. The number of terminal acetylenes is 1. The Balaban J connectivity index is 2.48. The minimum atomic E-state index is -1.32. The molecular formula is C30H39N3O6. The van der Waals surface area contributed by atoms with E-state index < -0.39 is 42.2 Å². The molecule has 0 aromatic heterocycles. The van der Waals surface area contributed by atoms with Crippen LogP contribution in [-0.2, 0) is 14.3 Å². The van der Waals surface area contributed by atoms with E-state index in [0.717, 1.165) is 12.8 Å². The van der Waals surface area contributed by atoms with E-state index in [1.807, 2.05) is 6.92 Å². The zero-order valence-corrected chi connectivity index (χ0v) is 23.3. The minimum absolute atomic E-state index is 0.219. The highest BCUT2D eigenvalue weighted by Gasteiger charge is 2.36. The molecule has 3 N–H and O–H groups in total. The summed E-state index contributed by atoms with van der Waals surface area (Å²) in [5.41, 5.74) is 0.862. The highest BCUT2D eigenvalue weighted by Crippen LogP contribution is 2.26. The molecule has 2 aromatic carbocycles. The van der Waals surface area contributed by atoms with Crippen LogP contribution in [0.15, 0.2) is 48.5 Å². The van der Waals surface area contributed by atoms with Crippen molar-refractivity contribution in [1.82, 2.24) is 10.2 Å². The first-order valence-electron chi connectivity index (χ1n) is 12.9. The molecule has 0 aliphatic rings. The van der Waals surface area contributed by atoms with Crippen molar-refractivity contribution in [2.45, 2.75) is 64.6 Å². The number of carbonyl (C=O) groups is 3. The van der Waals surface area contributed by atoms with Gasteiger partial charge in [0.15, 0.2) is 0 Å². The van der Waals surface area contributed by atoms with Gasteiger partial charge in [0.1, 0.15) is 23.4 Å². The predicted octanol–water partition coefficient (Wildman–Crippen LogP) is 4.26. The number of hydrogen-bond donors (Lipinski definition) is 3. The van der Waals surface area contributed by atoms with Gasteiger partial charge in [0.25, 0.3) is 5.91 Å². The minimum Gasteiger partial charge on any atom is -0.497 e. The number of methoxy groups -OCH3 is 1. The average Bonchev–Trinajstić information content (AvgIpc) is 2.90. The van der Waals surface area contributed by atoms with Crippen LogP contribution in [0.1, 0.15) is 64.1 Å². The molecule has 0 radical (unpaired) electrons. The molecule has 2 atom stereocenters. The second-order valence-electron chi connectivity index (χ2n) is 10.0. The van der Waals surface area contributed by atoms with E-state index in [-0.39, 0.29) is 6.54 Å². The van der Waals surface area contributed by atoms with E-state index in [9.17, 15) is 19.5 Å². The van der Waals surface area contributed by atoms with Gasteiger partial charge < -0.3 is 30.1 Å². The van der Waals surface area contributed by atoms with Crippen LogP contribution in [0.5, 0.6) is 5.75 Å². The van der Waals surface area contributed by atoms with Crippen molar-refractivity contribution >= 4 is 23.6 Å². The molecule has 0 saturated carbocycles. The van der Waals surface area contributed by atoms with Crippen molar-refractivity contribution in [3.8, 4) is 18.1 Å². The lowest BCUT2D eigenvalue weighted by molar-refractivity contribution is -0.141. The number of unbranched alkanes of at least 4 members (excludes halogenated alkanes) is 2. The third-order valence-corrected chi connectivity index (χ3v) is 5.77. The molecule has 2 aromatic rings. The van der Waals surface area contributed by atoms with Crippen LogP contribution in [0.25, 0.3) is 0 Å². The largest absolute Gasteiger partial charge is 0.497 e. The van der Waals surface area contributed by atoms with E-state index in [2.05, 4.69) is 16.6 Å². The van der Waals surface area contributed by atoms with Crippen molar-refractivity contribution in [2.24, 2.45) is 0 Å². The Bertz CT molecular complexity index is 1130. The van der Waals surface area contributed by atoms with Gasteiger partial charge in [0.2, 0.25) is 5.91 Å². The van der Waals surface area contributed by atoms with Crippen molar-refractivity contribution in [1.29, 1.82) is 0 Å². The molecule has 0 fully saturated rings. The van der Waals surface area contributed by atoms with Gasteiger partial charge in [-0.1, -0.05) is 37.8 Å². The Morgan fingerprint density at radius 1 is 1.05 bits per heavy atom. The lowest BCUT2D eigenvalue weighted by atomic mass is 10.0. The van der Waals surface area contributed by atoms with E-state index in [1.165, 1.54) is 4.90 Å². The van der Waals surface area contributed by atoms with Gasteiger partial charge in [-0.3, -0.25) is 9.59 Å². The fourth-order valence-electron chi connectivity index (χ4n) is 3.85. The van der Waals surface area contributed by atoms with Crippen LogP contribution in [0.4, 0.5) is 10.5 Å². The van der Waals surface area contributed by atoms with Gasteiger partial charge in [-0.15, -0.1) is 6.42 Å². The van der Waals surface area contributed by atoms with E-state index in [1.54, 1.807) is 76.4 Å². The van der Waals surface area contributed by atoms with Gasteiger partial charge in [0, 0.05) is 17.8 Å². The molecule has 0 aliphatic carbocycles. The third kappa shape index (κ3) is 9.65. The first-order chi connectivity index (χ1) is 18.5. The Morgan fingerprint density at radius 3 is 2.21 bits per heavy atom. The summed E-state index contributed by atoms with van der Waals surface area (Å²) >= 11 is 0. The van der Waals surface area contributed by atoms with E-state index >= 15 is 0 Å². The number of aliphatic hydroxyl groups excluding tert-OH is 1. The van der Waals surface area contributed by atoms with Crippen molar-refractivity contribution in [3.05, 3.63) is 59.7 Å². The molecular weight excluding hydrogens is 498 g/mol. The molecule has 0 bridgehead atoms. The second-order valence-corrected chi connectivity index (χ2v) is 10.0. The highest BCUT2D eigenvalue weighted by molar-refractivity contribution is 5.99. The van der Waals surface area contributed by atoms with Crippen molar-refractivity contribution in [2.75, 3.05) is 25.6 Å². The number of nitrogens with zero attached hydrogens (tertiary/aromatic N) is 1. The fraction of sp³-hybridized carbons (Fsp3) is 0.433. The lowest BCUT2D eigenvalue weighted by Gasteiger charge is -2.34. The number of alkyl carbamates (subject to hydrolysis) is 1.